The first kappa shape index (κ1) is 24.6. The Kier molecular flexibility index (Phi) is 7.36. The van der Waals surface area contributed by atoms with E-state index in [1.54, 1.807) is 6.08 Å². The van der Waals surface area contributed by atoms with Gasteiger partial charge in [-0.05, 0) is 31.1 Å². The Morgan fingerprint density at radius 1 is 1.27 bits per heavy atom. The summed E-state index contributed by atoms with van der Waals surface area (Å²) in [6.45, 7) is 3.99. The zero-order valence-electron chi connectivity index (χ0n) is 18.9. The van der Waals surface area contributed by atoms with Crippen LogP contribution in [0.15, 0.2) is 51.3 Å². The van der Waals surface area contributed by atoms with Gasteiger partial charge in [0.15, 0.2) is 6.10 Å². The highest BCUT2D eigenvalue weighted by Gasteiger charge is 2.39. The smallest absolute Gasteiger partial charge is 0.449 e. The summed E-state index contributed by atoms with van der Waals surface area (Å²) in [5.74, 6) is -1.82. The van der Waals surface area contributed by atoms with Gasteiger partial charge in [-0.1, -0.05) is 13.8 Å². The molecule has 1 aliphatic carbocycles. The lowest BCUT2D eigenvalue weighted by molar-refractivity contribution is -0.153. The van der Waals surface area contributed by atoms with Gasteiger partial charge in [-0.3, -0.25) is 9.59 Å². The van der Waals surface area contributed by atoms with Crippen molar-refractivity contribution in [3.63, 3.8) is 0 Å². The van der Waals surface area contributed by atoms with Gasteiger partial charge in [0.1, 0.15) is 11.5 Å². The van der Waals surface area contributed by atoms with E-state index in [1.807, 2.05) is 24.9 Å². The Hall–Kier alpha value is -3.01. The van der Waals surface area contributed by atoms with Gasteiger partial charge in [-0.2, -0.15) is 13.2 Å². The van der Waals surface area contributed by atoms with Crippen LogP contribution in [-0.2, 0) is 31.8 Å². The number of ketones is 1. The summed E-state index contributed by atoms with van der Waals surface area (Å²) in [5.41, 5.74) is 0.976. The molecule has 0 bridgehead atoms. The van der Waals surface area contributed by atoms with E-state index in [2.05, 4.69) is 5.32 Å². The predicted molar refractivity (Wildman–Crippen MR) is 113 cm³/mol. The number of rotatable bonds is 8. The van der Waals surface area contributed by atoms with Gasteiger partial charge in [0.05, 0.1) is 13.7 Å². The average molecular weight is 468 g/mol. The van der Waals surface area contributed by atoms with E-state index < -0.39 is 29.7 Å². The Labute approximate surface area is 189 Å². The second-order valence-corrected chi connectivity index (χ2v) is 7.76. The largest absolute Gasteiger partial charge is 0.498 e. The van der Waals surface area contributed by atoms with Gasteiger partial charge in [0.25, 0.3) is 0 Å². The summed E-state index contributed by atoms with van der Waals surface area (Å²) in [7, 11) is 2.81. The molecular formula is C23H27F3N2O5. The van der Waals surface area contributed by atoms with Crippen molar-refractivity contribution in [1.29, 1.82) is 0 Å². The maximum absolute atomic E-state index is 13.2. The summed E-state index contributed by atoms with van der Waals surface area (Å²) >= 11 is 0. The van der Waals surface area contributed by atoms with Crippen LogP contribution >= 0.6 is 0 Å². The van der Waals surface area contributed by atoms with Gasteiger partial charge in [-0.25, -0.2) is 0 Å². The number of alkyl halides is 3. The highest BCUT2D eigenvalue weighted by molar-refractivity contribution is 6.13. The van der Waals surface area contributed by atoms with Crippen molar-refractivity contribution in [2.75, 3.05) is 20.8 Å². The van der Waals surface area contributed by atoms with Gasteiger partial charge in [0, 0.05) is 42.6 Å². The maximum Gasteiger partial charge on any atom is 0.449 e. The van der Waals surface area contributed by atoms with Crippen LogP contribution in [0.25, 0.3) is 0 Å². The first-order valence-corrected chi connectivity index (χ1v) is 10.6. The molecule has 0 fully saturated rings. The molecule has 1 aliphatic heterocycles. The molecule has 0 radical (unpaired) electrons. The van der Waals surface area contributed by atoms with Crippen LogP contribution in [0.4, 0.5) is 13.2 Å². The molecule has 2 heterocycles. The summed E-state index contributed by atoms with van der Waals surface area (Å²) in [6.07, 6.45) is -0.423. The second kappa shape index (κ2) is 9.86. The molecule has 1 unspecified atom stereocenters. The number of amides is 1. The van der Waals surface area contributed by atoms with Crippen LogP contribution in [0.3, 0.4) is 0 Å². The topological polar surface area (TPSA) is 81.0 Å². The molecule has 0 aromatic carbocycles. The fraction of sp³-hybridized carbons (Fsp3) is 0.478. The summed E-state index contributed by atoms with van der Waals surface area (Å²) in [4.78, 5) is 28.3. The number of carbonyl (C=O) groups is 2. The minimum absolute atomic E-state index is 0.0454. The van der Waals surface area contributed by atoms with Crippen LogP contribution in [0, 0.1) is 0 Å². The van der Waals surface area contributed by atoms with Crippen molar-refractivity contribution in [2.45, 2.75) is 51.6 Å². The number of Topliss-reactive ketones (excluding diaryl/α,β-unsaturated/α-hetero) is 1. The molecule has 7 nitrogen and oxygen atoms in total. The van der Waals surface area contributed by atoms with Gasteiger partial charge in [0.2, 0.25) is 17.5 Å². The number of allylic oxidation sites excluding steroid dienone is 2. The molecule has 0 saturated heterocycles. The van der Waals surface area contributed by atoms with E-state index >= 15 is 0 Å². The highest BCUT2D eigenvalue weighted by Crippen LogP contribution is 2.35. The average Bonchev–Trinajstić information content (AvgIpc) is 3.27. The summed E-state index contributed by atoms with van der Waals surface area (Å²) in [6, 6.07) is 2.10. The first-order valence-electron chi connectivity index (χ1n) is 10.6. The molecule has 2 aliphatic rings. The molecule has 1 atom stereocenters. The zero-order chi connectivity index (χ0) is 24.3. The Morgan fingerprint density at radius 2 is 1.97 bits per heavy atom. The summed E-state index contributed by atoms with van der Waals surface area (Å²) < 4.78 is 53.7. The van der Waals surface area contributed by atoms with E-state index in [0.717, 1.165) is 25.0 Å². The maximum atomic E-state index is 13.2. The number of fused-ring (bicyclic) bond motifs is 1. The monoisotopic (exact) mass is 468 g/mol. The predicted octanol–water partition coefficient (Wildman–Crippen LogP) is 3.73. The van der Waals surface area contributed by atoms with E-state index in [-0.39, 0.29) is 36.0 Å². The van der Waals surface area contributed by atoms with Crippen molar-refractivity contribution in [3.05, 3.63) is 58.4 Å². The quantitative estimate of drug-likeness (QED) is 0.626. The molecule has 1 N–H and O–H groups in total. The lowest BCUT2D eigenvalue weighted by Crippen LogP contribution is -2.43. The molecule has 33 heavy (non-hydrogen) atoms. The van der Waals surface area contributed by atoms with Crippen molar-refractivity contribution in [1.82, 2.24) is 10.2 Å². The molecule has 0 spiro atoms. The van der Waals surface area contributed by atoms with E-state index in [9.17, 15) is 22.8 Å². The molecule has 1 amide bonds. The second-order valence-electron chi connectivity index (χ2n) is 7.76. The molecule has 10 heteroatoms. The first-order chi connectivity index (χ1) is 15.6. The van der Waals surface area contributed by atoms with Crippen LogP contribution in [0.1, 0.15) is 38.2 Å². The fourth-order valence-electron chi connectivity index (χ4n) is 4.08. The number of furan rings is 1. The van der Waals surface area contributed by atoms with Crippen molar-refractivity contribution in [3.8, 4) is 0 Å². The highest BCUT2D eigenvalue weighted by atomic mass is 19.4. The SMILES string of the molecule is CCC(CC)N1C=C2C=C(OC)C(OC)C(=O)C2=C(C(=O)NCc2ccc(C(F)(F)F)o2)C1. The van der Waals surface area contributed by atoms with E-state index in [1.165, 1.54) is 14.2 Å². The Balaban J connectivity index is 1.93. The van der Waals surface area contributed by atoms with Crippen molar-refractivity contribution in [2.24, 2.45) is 0 Å². The van der Waals surface area contributed by atoms with Crippen LogP contribution in [-0.4, -0.2) is 49.5 Å². The molecule has 0 saturated carbocycles. The third kappa shape index (κ3) is 5.00. The normalized spacial score (nSPS) is 18.8. The molecule has 1 aromatic rings. The molecule has 1 aromatic heterocycles. The Bertz CT molecular complexity index is 1000. The standard InChI is InChI=1S/C23H27F3N2O5/c1-5-14(6-2)28-11-13-9-17(31-3)21(32-4)20(29)19(13)16(12-28)22(30)27-10-15-7-8-18(33-15)23(24,25)26/h7-9,11,14,21H,5-6,10,12H2,1-4H3,(H,27,30). The number of methoxy groups -OCH3 is 2. The van der Waals surface area contributed by atoms with E-state index in [4.69, 9.17) is 13.9 Å². The minimum atomic E-state index is -4.61. The van der Waals surface area contributed by atoms with Crippen LogP contribution < -0.4 is 5.32 Å². The Morgan fingerprint density at radius 3 is 2.52 bits per heavy atom. The van der Waals surface area contributed by atoms with Gasteiger partial charge in [-0.15, -0.1) is 0 Å². The van der Waals surface area contributed by atoms with Crippen molar-refractivity contribution >= 4 is 11.7 Å². The molecule has 3 rings (SSSR count). The van der Waals surface area contributed by atoms with Crippen LogP contribution in [0.5, 0.6) is 0 Å². The van der Waals surface area contributed by atoms with Gasteiger partial charge >= 0.3 is 6.18 Å². The van der Waals surface area contributed by atoms with E-state index in [0.29, 0.717) is 11.3 Å². The molecular weight excluding hydrogens is 441 g/mol. The third-order valence-electron chi connectivity index (χ3n) is 5.80. The number of nitrogens with zero attached hydrogens (tertiary/aromatic N) is 1. The lowest BCUT2D eigenvalue weighted by atomic mass is 9.84. The number of ether oxygens (including phenoxy) is 2. The van der Waals surface area contributed by atoms with Crippen molar-refractivity contribution < 1.29 is 36.7 Å². The van der Waals surface area contributed by atoms with Gasteiger partial charge < -0.3 is 24.1 Å². The number of halogens is 3. The zero-order valence-corrected chi connectivity index (χ0v) is 18.9. The number of carbonyl (C=O) groups excluding carboxylic acids is 2. The summed E-state index contributed by atoms with van der Waals surface area (Å²) in [5, 5.41) is 2.58. The lowest BCUT2D eigenvalue weighted by Gasteiger charge is -2.37. The number of nitrogens with one attached hydrogen (secondary N) is 1. The minimum Gasteiger partial charge on any atom is -0.498 e. The van der Waals surface area contributed by atoms with Crippen LogP contribution in [0.2, 0.25) is 0 Å². The molecule has 180 valence electrons. The number of hydrogen-bond donors (Lipinski definition) is 1. The fourth-order valence-corrected chi connectivity index (χ4v) is 4.08. The third-order valence-corrected chi connectivity index (χ3v) is 5.80. The number of hydrogen-bond acceptors (Lipinski definition) is 6.